The van der Waals surface area contributed by atoms with Gasteiger partial charge in [0.25, 0.3) is 5.69 Å². The van der Waals surface area contributed by atoms with Crippen molar-refractivity contribution in [3.8, 4) is 0 Å². The quantitative estimate of drug-likeness (QED) is 0.677. The number of non-ortho nitro benzene ring substituents is 1. The van der Waals surface area contributed by atoms with Crippen LogP contribution < -0.4 is 5.32 Å². The van der Waals surface area contributed by atoms with E-state index in [1.54, 1.807) is 12.3 Å². The van der Waals surface area contributed by atoms with Gasteiger partial charge in [-0.1, -0.05) is 0 Å². The first-order chi connectivity index (χ1) is 9.11. The zero-order valence-electron chi connectivity index (χ0n) is 10.3. The number of aromatic nitrogens is 2. The number of nitrogens with one attached hydrogen (secondary N) is 1. The number of benzene rings is 1. The molecule has 2 aromatic rings. The van der Waals surface area contributed by atoms with Crippen molar-refractivity contribution < 1.29 is 4.92 Å². The molecule has 0 saturated carbocycles. The minimum Gasteiger partial charge on any atom is -0.377 e. The van der Waals surface area contributed by atoms with E-state index >= 15 is 0 Å². The van der Waals surface area contributed by atoms with Crippen LogP contribution in [0.25, 0.3) is 0 Å². The van der Waals surface area contributed by atoms with Crippen molar-refractivity contribution in [1.29, 1.82) is 0 Å². The van der Waals surface area contributed by atoms with Gasteiger partial charge in [-0.2, -0.15) is 0 Å². The number of nitro benzene ring substituents is 1. The lowest BCUT2D eigenvalue weighted by molar-refractivity contribution is -0.384. The predicted octanol–water partition coefficient (Wildman–Crippen LogP) is 3.19. The van der Waals surface area contributed by atoms with Crippen LogP contribution in [0, 0.1) is 10.1 Å². The van der Waals surface area contributed by atoms with Crippen molar-refractivity contribution in [2.75, 3.05) is 5.32 Å². The summed E-state index contributed by atoms with van der Waals surface area (Å²) >= 11 is 3.37. The summed E-state index contributed by atoms with van der Waals surface area (Å²) in [6.07, 6.45) is 3.64. The normalized spacial score (nSPS) is 10.4. The standard InChI is InChI=1S/C12H13BrN4O2/c1-2-16-6-5-14-12(16)8-15-11-7-9(17(18)19)3-4-10(11)13/h3-7,15H,2,8H2,1H3. The van der Waals surface area contributed by atoms with E-state index in [0.29, 0.717) is 12.2 Å². The zero-order valence-corrected chi connectivity index (χ0v) is 11.9. The van der Waals surface area contributed by atoms with Gasteiger partial charge in [-0.25, -0.2) is 4.98 Å². The summed E-state index contributed by atoms with van der Waals surface area (Å²) in [5.74, 6) is 0.890. The molecule has 0 radical (unpaired) electrons. The molecule has 0 aliphatic heterocycles. The number of anilines is 1. The third-order valence-electron chi connectivity index (χ3n) is 2.74. The van der Waals surface area contributed by atoms with Crippen LogP contribution in [0.5, 0.6) is 0 Å². The minimum absolute atomic E-state index is 0.0598. The highest BCUT2D eigenvalue weighted by Crippen LogP contribution is 2.27. The zero-order chi connectivity index (χ0) is 13.8. The average molecular weight is 325 g/mol. The summed E-state index contributed by atoms with van der Waals surface area (Å²) in [6.45, 7) is 3.39. The first-order valence-electron chi connectivity index (χ1n) is 5.79. The summed E-state index contributed by atoms with van der Waals surface area (Å²) in [5.41, 5.74) is 0.740. The molecule has 100 valence electrons. The molecule has 0 aliphatic carbocycles. The van der Waals surface area contributed by atoms with E-state index < -0.39 is 4.92 Å². The van der Waals surface area contributed by atoms with Crippen LogP contribution in [0.3, 0.4) is 0 Å². The molecule has 0 amide bonds. The molecule has 0 atom stereocenters. The third kappa shape index (κ3) is 3.11. The molecule has 1 heterocycles. The number of nitrogens with zero attached hydrogens (tertiary/aromatic N) is 3. The Labute approximate surface area is 118 Å². The molecular weight excluding hydrogens is 312 g/mol. The van der Waals surface area contributed by atoms with E-state index in [1.165, 1.54) is 12.1 Å². The molecule has 7 heteroatoms. The number of nitro groups is 1. The number of rotatable bonds is 5. The Morgan fingerprint density at radius 1 is 1.53 bits per heavy atom. The van der Waals surface area contributed by atoms with Gasteiger partial charge in [0, 0.05) is 35.5 Å². The van der Waals surface area contributed by atoms with Gasteiger partial charge in [0.15, 0.2) is 0 Å². The summed E-state index contributed by atoms with van der Waals surface area (Å²) in [7, 11) is 0. The van der Waals surface area contributed by atoms with Crippen LogP contribution in [0.2, 0.25) is 0 Å². The minimum atomic E-state index is -0.412. The second-order valence-electron chi connectivity index (χ2n) is 3.90. The molecule has 0 unspecified atom stereocenters. The predicted molar refractivity (Wildman–Crippen MR) is 76.0 cm³/mol. The van der Waals surface area contributed by atoms with Gasteiger partial charge in [-0.05, 0) is 28.9 Å². The van der Waals surface area contributed by atoms with Crippen molar-refractivity contribution in [3.05, 3.63) is 51.0 Å². The monoisotopic (exact) mass is 324 g/mol. The van der Waals surface area contributed by atoms with Crippen molar-refractivity contribution in [2.24, 2.45) is 0 Å². The van der Waals surface area contributed by atoms with E-state index in [4.69, 9.17) is 0 Å². The van der Waals surface area contributed by atoms with Crippen LogP contribution in [0.4, 0.5) is 11.4 Å². The topological polar surface area (TPSA) is 73.0 Å². The van der Waals surface area contributed by atoms with E-state index in [0.717, 1.165) is 16.8 Å². The average Bonchev–Trinajstić information content (AvgIpc) is 2.85. The molecule has 0 aliphatic rings. The second-order valence-corrected chi connectivity index (χ2v) is 4.76. The fourth-order valence-corrected chi connectivity index (χ4v) is 2.12. The highest BCUT2D eigenvalue weighted by molar-refractivity contribution is 9.10. The Balaban J connectivity index is 2.15. The molecule has 1 N–H and O–H groups in total. The van der Waals surface area contributed by atoms with E-state index in [2.05, 4.69) is 26.2 Å². The first-order valence-corrected chi connectivity index (χ1v) is 6.59. The fraction of sp³-hybridized carbons (Fsp3) is 0.250. The Kier molecular flexibility index (Phi) is 4.16. The molecule has 0 fully saturated rings. The Morgan fingerprint density at radius 3 is 3.00 bits per heavy atom. The van der Waals surface area contributed by atoms with Gasteiger partial charge in [0.05, 0.1) is 17.2 Å². The molecule has 0 spiro atoms. The van der Waals surface area contributed by atoms with Gasteiger partial charge >= 0.3 is 0 Å². The molecular formula is C12H13BrN4O2. The lowest BCUT2D eigenvalue weighted by Crippen LogP contribution is -2.08. The van der Waals surface area contributed by atoms with Crippen molar-refractivity contribution in [3.63, 3.8) is 0 Å². The maximum Gasteiger partial charge on any atom is 0.271 e. The third-order valence-corrected chi connectivity index (χ3v) is 3.43. The van der Waals surface area contributed by atoms with Crippen LogP contribution in [0.1, 0.15) is 12.7 Å². The van der Waals surface area contributed by atoms with Crippen LogP contribution in [-0.2, 0) is 13.1 Å². The Hall–Kier alpha value is -1.89. The van der Waals surface area contributed by atoms with Crippen LogP contribution >= 0.6 is 15.9 Å². The van der Waals surface area contributed by atoms with Gasteiger partial charge < -0.3 is 9.88 Å². The van der Waals surface area contributed by atoms with Crippen molar-refractivity contribution in [1.82, 2.24) is 9.55 Å². The maximum atomic E-state index is 10.7. The SMILES string of the molecule is CCn1ccnc1CNc1cc([N+](=O)[O-])ccc1Br. The molecule has 1 aromatic carbocycles. The molecule has 19 heavy (non-hydrogen) atoms. The molecule has 0 bridgehead atoms. The van der Waals surface area contributed by atoms with E-state index in [9.17, 15) is 10.1 Å². The van der Waals surface area contributed by atoms with E-state index in [-0.39, 0.29) is 5.69 Å². The highest BCUT2D eigenvalue weighted by atomic mass is 79.9. The summed E-state index contributed by atoms with van der Waals surface area (Å²) in [4.78, 5) is 14.6. The fourth-order valence-electron chi connectivity index (χ4n) is 1.73. The summed E-state index contributed by atoms with van der Waals surface area (Å²) in [6, 6.07) is 4.62. The number of hydrogen-bond acceptors (Lipinski definition) is 4. The number of halogens is 1. The lowest BCUT2D eigenvalue weighted by Gasteiger charge is -2.09. The van der Waals surface area contributed by atoms with Crippen LogP contribution in [-0.4, -0.2) is 14.5 Å². The van der Waals surface area contributed by atoms with Gasteiger partial charge in [0.1, 0.15) is 5.82 Å². The molecule has 0 saturated heterocycles. The lowest BCUT2D eigenvalue weighted by atomic mass is 10.3. The molecule has 2 rings (SSSR count). The van der Waals surface area contributed by atoms with Crippen molar-refractivity contribution in [2.45, 2.75) is 20.0 Å². The number of hydrogen-bond donors (Lipinski definition) is 1. The largest absolute Gasteiger partial charge is 0.377 e. The van der Waals surface area contributed by atoms with Gasteiger partial charge in [-0.15, -0.1) is 0 Å². The number of aryl methyl sites for hydroxylation is 1. The Morgan fingerprint density at radius 2 is 2.32 bits per heavy atom. The Bertz CT molecular complexity index is 597. The van der Waals surface area contributed by atoms with Gasteiger partial charge in [-0.3, -0.25) is 10.1 Å². The molecule has 6 nitrogen and oxygen atoms in total. The van der Waals surface area contributed by atoms with Crippen molar-refractivity contribution >= 4 is 27.3 Å². The second kappa shape index (κ2) is 5.83. The smallest absolute Gasteiger partial charge is 0.271 e. The maximum absolute atomic E-state index is 10.7. The van der Waals surface area contributed by atoms with Gasteiger partial charge in [0.2, 0.25) is 0 Å². The first kappa shape index (κ1) is 13.5. The summed E-state index contributed by atoms with van der Waals surface area (Å²) < 4.78 is 2.80. The summed E-state index contributed by atoms with van der Waals surface area (Å²) in [5, 5.41) is 13.9. The highest BCUT2D eigenvalue weighted by Gasteiger charge is 2.10. The number of imidazole rings is 1. The van der Waals surface area contributed by atoms with Crippen LogP contribution in [0.15, 0.2) is 35.1 Å². The molecule has 1 aromatic heterocycles. The van der Waals surface area contributed by atoms with E-state index in [1.807, 2.05) is 17.7 Å².